The summed E-state index contributed by atoms with van der Waals surface area (Å²) < 4.78 is 0. The van der Waals surface area contributed by atoms with Crippen LogP contribution in [0.3, 0.4) is 0 Å². The second kappa shape index (κ2) is 5.68. The molecule has 1 saturated heterocycles. The van der Waals surface area contributed by atoms with Crippen LogP contribution in [-0.2, 0) is 0 Å². The molecule has 0 aromatic heterocycles. The first-order chi connectivity index (χ1) is 7.68. The predicted molar refractivity (Wildman–Crippen MR) is 73.2 cm³/mol. The molecule has 17 heavy (non-hydrogen) atoms. The third kappa shape index (κ3) is 6.39. The van der Waals surface area contributed by atoms with Crippen LogP contribution in [0.15, 0.2) is 0 Å². The van der Waals surface area contributed by atoms with E-state index in [1.165, 1.54) is 0 Å². The molecule has 1 fully saturated rings. The molecule has 2 unspecified atom stereocenters. The van der Waals surface area contributed by atoms with Crippen LogP contribution >= 0.6 is 0 Å². The van der Waals surface area contributed by atoms with Gasteiger partial charge >= 0.3 is 0 Å². The van der Waals surface area contributed by atoms with E-state index in [4.69, 9.17) is 0 Å². The molecule has 0 amide bonds. The van der Waals surface area contributed by atoms with E-state index in [1.54, 1.807) is 0 Å². The van der Waals surface area contributed by atoms with E-state index in [0.29, 0.717) is 5.92 Å². The van der Waals surface area contributed by atoms with Crippen molar-refractivity contribution in [1.29, 1.82) is 0 Å². The second-order valence-corrected chi connectivity index (χ2v) is 7.07. The van der Waals surface area contributed by atoms with Crippen molar-refractivity contribution in [3.63, 3.8) is 0 Å². The zero-order valence-corrected chi connectivity index (χ0v) is 12.2. The molecule has 0 aromatic rings. The third-order valence-corrected chi connectivity index (χ3v) is 3.30. The van der Waals surface area contributed by atoms with Crippen molar-refractivity contribution < 1.29 is 5.11 Å². The number of rotatable bonds is 4. The molecule has 3 heteroatoms. The van der Waals surface area contributed by atoms with Crippen molar-refractivity contribution >= 4 is 0 Å². The number of likely N-dealkylation sites (tertiary alicyclic amines) is 1. The molecule has 1 rings (SSSR count). The fourth-order valence-corrected chi connectivity index (χ4v) is 2.46. The average Bonchev–Trinajstić information content (AvgIpc) is 2.12. The van der Waals surface area contributed by atoms with Gasteiger partial charge in [0, 0.05) is 18.6 Å². The van der Waals surface area contributed by atoms with Gasteiger partial charge in [0.1, 0.15) is 0 Å². The molecule has 0 spiro atoms. The molecule has 1 aliphatic rings. The Labute approximate surface area is 107 Å². The van der Waals surface area contributed by atoms with Gasteiger partial charge in [0.25, 0.3) is 0 Å². The number of nitrogens with one attached hydrogen (secondary N) is 1. The minimum Gasteiger partial charge on any atom is -0.389 e. The Morgan fingerprint density at radius 2 is 2.06 bits per heavy atom. The average molecular weight is 242 g/mol. The van der Waals surface area contributed by atoms with E-state index < -0.39 is 5.60 Å². The van der Waals surface area contributed by atoms with Gasteiger partial charge in [-0.2, -0.15) is 0 Å². The lowest BCUT2D eigenvalue weighted by molar-refractivity contribution is -0.0193. The van der Waals surface area contributed by atoms with E-state index in [-0.39, 0.29) is 5.54 Å². The van der Waals surface area contributed by atoms with Crippen LogP contribution in [0.1, 0.15) is 47.5 Å². The summed E-state index contributed by atoms with van der Waals surface area (Å²) in [5.41, 5.74) is -0.281. The highest BCUT2D eigenvalue weighted by Crippen LogP contribution is 2.20. The van der Waals surface area contributed by atoms with Crippen molar-refractivity contribution in [3.05, 3.63) is 0 Å². The Balaban J connectivity index is 2.28. The maximum Gasteiger partial charge on any atom is 0.0746 e. The molecule has 1 aliphatic heterocycles. The number of hydrogen-bond donors (Lipinski definition) is 2. The largest absolute Gasteiger partial charge is 0.389 e. The van der Waals surface area contributed by atoms with Gasteiger partial charge < -0.3 is 15.3 Å². The molecular formula is C14H30N2O. The minimum atomic E-state index is -0.477. The van der Waals surface area contributed by atoms with Gasteiger partial charge in [-0.3, -0.25) is 0 Å². The highest BCUT2D eigenvalue weighted by atomic mass is 16.3. The third-order valence-electron chi connectivity index (χ3n) is 3.30. The van der Waals surface area contributed by atoms with Gasteiger partial charge in [0.2, 0.25) is 0 Å². The molecule has 1 heterocycles. The van der Waals surface area contributed by atoms with Crippen LogP contribution in [0.5, 0.6) is 0 Å². The molecule has 2 atom stereocenters. The summed E-state index contributed by atoms with van der Waals surface area (Å²) in [4.78, 5) is 2.40. The first kappa shape index (κ1) is 14.9. The molecule has 2 N–H and O–H groups in total. The van der Waals surface area contributed by atoms with E-state index in [9.17, 15) is 5.11 Å². The van der Waals surface area contributed by atoms with Crippen LogP contribution in [-0.4, -0.2) is 47.3 Å². The lowest BCUT2D eigenvalue weighted by atomic mass is 9.94. The molecule has 0 saturated carbocycles. The summed E-state index contributed by atoms with van der Waals surface area (Å²) in [6.45, 7) is 14.9. The van der Waals surface area contributed by atoms with Crippen LogP contribution in [0, 0.1) is 5.92 Å². The van der Waals surface area contributed by atoms with Crippen molar-refractivity contribution in [3.8, 4) is 0 Å². The second-order valence-electron chi connectivity index (χ2n) is 7.07. The quantitative estimate of drug-likeness (QED) is 0.790. The number of nitrogens with zero attached hydrogens (tertiary/aromatic N) is 1. The first-order valence-corrected chi connectivity index (χ1v) is 6.88. The lowest BCUT2D eigenvalue weighted by Crippen LogP contribution is -2.49. The molecule has 0 bridgehead atoms. The maximum atomic E-state index is 10.1. The van der Waals surface area contributed by atoms with Crippen LogP contribution in [0.4, 0.5) is 0 Å². The minimum absolute atomic E-state index is 0.196. The van der Waals surface area contributed by atoms with E-state index >= 15 is 0 Å². The number of piperidine rings is 1. The highest BCUT2D eigenvalue weighted by Gasteiger charge is 2.28. The number of aliphatic hydroxyl groups is 1. The zero-order chi connectivity index (χ0) is 13.1. The Hall–Kier alpha value is -0.120. The SMILES string of the molecule is CC(CNC(C)(C)C)CN1CCCC(C)(O)C1. The summed E-state index contributed by atoms with van der Waals surface area (Å²) in [5.74, 6) is 0.628. The molecule has 0 aromatic carbocycles. The first-order valence-electron chi connectivity index (χ1n) is 6.88. The Morgan fingerprint density at radius 3 is 2.59 bits per heavy atom. The molecule has 0 aliphatic carbocycles. The summed E-state index contributed by atoms with van der Waals surface area (Å²) >= 11 is 0. The Kier molecular flexibility index (Phi) is 4.99. The highest BCUT2D eigenvalue weighted by molar-refractivity contribution is 4.84. The number of β-amino-alcohol motifs (C(OH)–C–C–N with tert-alkyl or cyclic N) is 1. The summed E-state index contributed by atoms with van der Waals surface area (Å²) in [6, 6.07) is 0. The topological polar surface area (TPSA) is 35.5 Å². The van der Waals surface area contributed by atoms with Gasteiger partial charge in [-0.25, -0.2) is 0 Å². The van der Waals surface area contributed by atoms with Gasteiger partial charge in [-0.1, -0.05) is 6.92 Å². The summed E-state index contributed by atoms with van der Waals surface area (Å²) in [6.07, 6.45) is 2.06. The van der Waals surface area contributed by atoms with Crippen molar-refractivity contribution in [1.82, 2.24) is 10.2 Å². The van der Waals surface area contributed by atoms with Gasteiger partial charge in [-0.15, -0.1) is 0 Å². The van der Waals surface area contributed by atoms with Crippen LogP contribution in [0.2, 0.25) is 0 Å². The van der Waals surface area contributed by atoms with Crippen molar-refractivity contribution in [2.24, 2.45) is 5.92 Å². The maximum absolute atomic E-state index is 10.1. The smallest absolute Gasteiger partial charge is 0.0746 e. The zero-order valence-electron chi connectivity index (χ0n) is 12.2. The lowest BCUT2D eigenvalue weighted by Gasteiger charge is -2.38. The summed E-state index contributed by atoms with van der Waals surface area (Å²) in [5, 5.41) is 13.6. The van der Waals surface area contributed by atoms with Crippen molar-refractivity contribution in [2.75, 3.05) is 26.2 Å². The van der Waals surface area contributed by atoms with Gasteiger partial charge in [-0.05, 0) is 59.5 Å². The fraction of sp³-hybridized carbons (Fsp3) is 1.00. The fourth-order valence-electron chi connectivity index (χ4n) is 2.46. The Bertz CT molecular complexity index is 233. The normalized spacial score (nSPS) is 29.3. The molecule has 0 radical (unpaired) electrons. The molecular weight excluding hydrogens is 212 g/mol. The molecule has 3 nitrogen and oxygen atoms in total. The van der Waals surface area contributed by atoms with E-state index in [2.05, 4.69) is 37.9 Å². The van der Waals surface area contributed by atoms with E-state index in [1.807, 2.05) is 6.92 Å². The standard InChI is InChI=1S/C14H30N2O/c1-12(9-15-13(2,3)4)10-16-8-6-7-14(5,17)11-16/h12,15,17H,6-11H2,1-5H3. The van der Waals surface area contributed by atoms with Gasteiger partial charge in [0.15, 0.2) is 0 Å². The van der Waals surface area contributed by atoms with Gasteiger partial charge in [0.05, 0.1) is 5.60 Å². The monoisotopic (exact) mass is 242 g/mol. The van der Waals surface area contributed by atoms with Crippen molar-refractivity contribution in [2.45, 2.75) is 58.6 Å². The summed E-state index contributed by atoms with van der Waals surface area (Å²) in [7, 11) is 0. The molecule has 102 valence electrons. The Morgan fingerprint density at radius 1 is 1.41 bits per heavy atom. The predicted octanol–water partition coefficient (Wildman–Crippen LogP) is 1.86. The van der Waals surface area contributed by atoms with Crippen LogP contribution < -0.4 is 5.32 Å². The number of hydrogen-bond acceptors (Lipinski definition) is 3. The van der Waals surface area contributed by atoms with Crippen LogP contribution in [0.25, 0.3) is 0 Å². The van der Waals surface area contributed by atoms with E-state index in [0.717, 1.165) is 39.0 Å².